The fraction of sp³-hybridized carbons (Fsp3) is 0.455. The molecule has 1 aromatic rings. The van der Waals surface area contributed by atoms with Gasteiger partial charge in [-0.25, -0.2) is 0 Å². The Morgan fingerprint density at radius 3 is 3.08 bits per heavy atom. The molecule has 2 rings (SSSR count). The molecule has 0 bridgehead atoms. The Bertz CT molecular complexity index is 279. The number of hydrogen-bond donors (Lipinski definition) is 0. The highest BCUT2D eigenvalue weighted by molar-refractivity contribution is 7.98. The lowest BCUT2D eigenvalue weighted by molar-refractivity contribution is 0.112. The molecule has 1 nitrogen and oxygen atoms in total. The first-order valence-electron chi connectivity index (χ1n) is 4.66. The van der Waals surface area contributed by atoms with Gasteiger partial charge in [0, 0.05) is 11.5 Å². The first-order chi connectivity index (χ1) is 6.40. The Morgan fingerprint density at radius 1 is 1.46 bits per heavy atom. The minimum atomic E-state index is 0.354. The summed E-state index contributed by atoms with van der Waals surface area (Å²) < 4.78 is 5.63. The zero-order chi connectivity index (χ0) is 9.10. The fourth-order valence-electron chi connectivity index (χ4n) is 1.68. The SMILES string of the molecule is CSc1cccc(C2CCCO2)c1. The molecule has 1 aliphatic heterocycles. The number of rotatable bonds is 2. The molecule has 0 spiro atoms. The van der Waals surface area contributed by atoms with Gasteiger partial charge in [-0.1, -0.05) is 12.1 Å². The summed E-state index contributed by atoms with van der Waals surface area (Å²) in [6.45, 7) is 0.925. The molecule has 2 heteroatoms. The smallest absolute Gasteiger partial charge is 0.0826 e. The third kappa shape index (κ3) is 2.06. The third-order valence-corrected chi connectivity index (χ3v) is 3.12. The lowest BCUT2D eigenvalue weighted by Gasteiger charge is -2.10. The van der Waals surface area contributed by atoms with E-state index in [-0.39, 0.29) is 0 Å². The maximum absolute atomic E-state index is 5.63. The average molecular weight is 194 g/mol. The van der Waals surface area contributed by atoms with Crippen LogP contribution in [-0.4, -0.2) is 12.9 Å². The van der Waals surface area contributed by atoms with E-state index in [1.807, 2.05) is 0 Å². The molecule has 0 aliphatic carbocycles. The second kappa shape index (κ2) is 4.16. The van der Waals surface area contributed by atoms with Crippen LogP contribution in [0.4, 0.5) is 0 Å². The summed E-state index contributed by atoms with van der Waals surface area (Å²) in [5, 5.41) is 0. The number of benzene rings is 1. The number of hydrogen-bond acceptors (Lipinski definition) is 2. The second-order valence-electron chi connectivity index (χ2n) is 3.28. The quantitative estimate of drug-likeness (QED) is 0.668. The summed E-state index contributed by atoms with van der Waals surface area (Å²) in [6, 6.07) is 8.66. The Hall–Kier alpha value is -0.470. The van der Waals surface area contributed by atoms with E-state index in [9.17, 15) is 0 Å². The number of ether oxygens (including phenoxy) is 1. The van der Waals surface area contributed by atoms with Crippen molar-refractivity contribution in [3.05, 3.63) is 29.8 Å². The van der Waals surface area contributed by atoms with Gasteiger partial charge in [0.2, 0.25) is 0 Å². The Labute approximate surface area is 83.5 Å². The topological polar surface area (TPSA) is 9.23 Å². The molecular weight excluding hydrogens is 180 g/mol. The third-order valence-electron chi connectivity index (χ3n) is 2.40. The second-order valence-corrected chi connectivity index (χ2v) is 4.16. The predicted octanol–water partition coefficient (Wildman–Crippen LogP) is 3.26. The minimum absolute atomic E-state index is 0.354. The van der Waals surface area contributed by atoms with Gasteiger partial charge in [0.1, 0.15) is 0 Å². The molecule has 1 unspecified atom stereocenters. The summed E-state index contributed by atoms with van der Waals surface area (Å²) in [4.78, 5) is 1.33. The number of thioether (sulfide) groups is 1. The van der Waals surface area contributed by atoms with E-state index in [0.717, 1.165) is 6.61 Å². The van der Waals surface area contributed by atoms with E-state index in [1.54, 1.807) is 11.8 Å². The van der Waals surface area contributed by atoms with E-state index in [0.29, 0.717) is 6.10 Å². The van der Waals surface area contributed by atoms with Gasteiger partial charge >= 0.3 is 0 Å². The zero-order valence-corrected chi connectivity index (χ0v) is 8.64. The molecule has 1 atom stereocenters. The zero-order valence-electron chi connectivity index (χ0n) is 7.82. The molecule has 0 N–H and O–H groups in total. The summed E-state index contributed by atoms with van der Waals surface area (Å²) in [6.07, 6.45) is 4.84. The Kier molecular flexibility index (Phi) is 2.91. The molecule has 1 saturated heterocycles. The predicted molar refractivity (Wildman–Crippen MR) is 56.2 cm³/mol. The van der Waals surface area contributed by atoms with Crippen molar-refractivity contribution in [1.82, 2.24) is 0 Å². The van der Waals surface area contributed by atoms with E-state index < -0.39 is 0 Å². The molecule has 0 aromatic heterocycles. The minimum Gasteiger partial charge on any atom is -0.374 e. The molecule has 0 radical (unpaired) electrons. The van der Waals surface area contributed by atoms with Gasteiger partial charge < -0.3 is 4.74 Å². The molecule has 0 saturated carbocycles. The summed E-state index contributed by atoms with van der Waals surface area (Å²) >= 11 is 1.79. The Morgan fingerprint density at radius 2 is 2.38 bits per heavy atom. The van der Waals surface area contributed by atoms with Crippen LogP contribution in [0.2, 0.25) is 0 Å². The van der Waals surface area contributed by atoms with E-state index in [2.05, 4.69) is 30.5 Å². The molecule has 1 aromatic carbocycles. The van der Waals surface area contributed by atoms with Gasteiger partial charge in [-0.3, -0.25) is 0 Å². The highest BCUT2D eigenvalue weighted by atomic mass is 32.2. The van der Waals surface area contributed by atoms with Crippen LogP contribution in [0.3, 0.4) is 0 Å². The average Bonchev–Trinajstić information content (AvgIpc) is 2.71. The highest BCUT2D eigenvalue weighted by Gasteiger charge is 2.17. The lowest BCUT2D eigenvalue weighted by Crippen LogP contribution is -1.94. The normalized spacial score (nSPS) is 22.1. The Balaban J connectivity index is 2.18. The van der Waals surface area contributed by atoms with Crippen molar-refractivity contribution in [3.8, 4) is 0 Å². The maximum atomic E-state index is 5.63. The standard InChI is InChI=1S/C11H14OS/c1-13-10-5-2-4-9(8-10)11-6-3-7-12-11/h2,4-5,8,11H,3,6-7H2,1H3. The molecule has 13 heavy (non-hydrogen) atoms. The van der Waals surface area contributed by atoms with Crippen LogP contribution < -0.4 is 0 Å². The van der Waals surface area contributed by atoms with Crippen molar-refractivity contribution in [2.24, 2.45) is 0 Å². The maximum Gasteiger partial charge on any atom is 0.0826 e. The molecular formula is C11H14OS. The van der Waals surface area contributed by atoms with Crippen LogP contribution in [0.5, 0.6) is 0 Å². The van der Waals surface area contributed by atoms with Crippen molar-refractivity contribution in [2.75, 3.05) is 12.9 Å². The van der Waals surface area contributed by atoms with Crippen LogP contribution >= 0.6 is 11.8 Å². The molecule has 70 valence electrons. The van der Waals surface area contributed by atoms with Crippen molar-refractivity contribution in [1.29, 1.82) is 0 Å². The van der Waals surface area contributed by atoms with Crippen LogP contribution in [0.15, 0.2) is 29.2 Å². The first kappa shape index (κ1) is 9.10. The largest absolute Gasteiger partial charge is 0.374 e. The van der Waals surface area contributed by atoms with Crippen LogP contribution in [0.25, 0.3) is 0 Å². The highest BCUT2D eigenvalue weighted by Crippen LogP contribution is 2.30. The molecule has 0 amide bonds. The van der Waals surface area contributed by atoms with Crippen molar-refractivity contribution in [3.63, 3.8) is 0 Å². The van der Waals surface area contributed by atoms with Crippen LogP contribution in [0, 0.1) is 0 Å². The van der Waals surface area contributed by atoms with Crippen molar-refractivity contribution in [2.45, 2.75) is 23.8 Å². The van der Waals surface area contributed by atoms with E-state index in [1.165, 1.54) is 23.3 Å². The van der Waals surface area contributed by atoms with Crippen LogP contribution in [-0.2, 0) is 4.74 Å². The van der Waals surface area contributed by atoms with Gasteiger partial charge in [-0.2, -0.15) is 0 Å². The molecule has 1 aliphatic rings. The van der Waals surface area contributed by atoms with Gasteiger partial charge in [0.15, 0.2) is 0 Å². The van der Waals surface area contributed by atoms with E-state index >= 15 is 0 Å². The van der Waals surface area contributed by atoms with Crippen LogP contribution in [0.1, 0.15) is 24.5 Å². The van der Waals surface area contributed by atoms with Crippen molar-refractivity contribution < 1.29 is 4.74 Å². The monoisotopic (exact) mass is 194 g/mol. The van der Waals surface area contributed by atoms with Crippen molar-refractivity contribution >= 4 is 11.8 Å². The van der Waals surface area contributed by atoms with Gasteiger partial charge in [-0.05, 0) is 36.8 Å². The van der Waals surface area contributed by atoms with Gasteiger partial charge in [0.25, 0.3) is 0 Å². The lowest BCUT2D eigenvalue weighted by atomic mass is 10.1. The summed E-state index contributed by atoms with van der Waals surface area (Å²) in [5.41, 5.74) is 1.34. The molecule has 1 heterocycles. The summed E-state index contributed by atoms with van der Waals surface area (Å²) in [5.74, 6) is 0. The summed E-state index contributed by atoms with van der Waals surface area (Å²) in [7, 11) is 0. The van der Waals surface area contributed by atoms with Gasteiger partial charge in [0.05, 0.1) is 6.10 Å². The molecule has 1 fully saturated rings. The van der Waals surface area contributed by atoms with E-state index in [4.69, 9.17) is 4.74 Å². The fourth-order valence-corrected chi connectivity index (χ4v) is 2.15. The van der Waals surface area contributed by atoms with Gasteiger partial charge in [-0.15, -0.1) is 11.8 Å². The first-order valence-corrected chi connectivity index (χ1v) is 5.88.